The molecule has 4 nitrogen and oxygen atoms in total. The Morgan fingerprint density at radius 1 is 1.53 bits per heavy atom. The minimum atomic E-state index is -0.369. The Balaban J connectivity index is 2.49. The first-order chi connectivity index (χ1) is 8.00. The molecular weight excluding hydrogens is 242 g/mol. The first-order valence-electron chi connectivity index (χ1n) is 5.45. The Labute approximate surface area is 105 Å². The van der Waals surface area contributed by atoms with Crippen LogP contribution < -0.4 is 5.32 Å². The minimum Gasteiger partial charge on any atom is -0.507 e. The molecule has 0 saturated heterocycles. The van der Waals surface area contributed by atoms with Crippen LogP contribution in [0.2, 0.25) is 5.02 Å². The van der Waals surface area contributed by atoms with E-state index in [1.54, 1.807) is 6.92 Å². The number of halogens is 1. The lowest BCUT2D eigenvalue weighted by Crippen LogP contribution is -2.25. The molecular formula is C12H16ClNO3. The average Bonchev–Trinajstić information content (AvgIpc) is 2.27. The lowest BCUT2D eigenvalue weighted by molar-refractivity contribution is 0.0947. The van der Waals surface area contributed by atoms with E-state index in [0.29, 0.717) is 24.4 Å². The zero-order valence-corrected chi connectivity index (χ0v) is 10.4. The van der Waals surface area contributed by atoms with Crippen molar-refractivity contribution in [2.24, 2.45) is 0 Å². The average molecular weight is 258 g/mol. The number of nitrogens with one attached hydrogen (secondary N) is 1. The van der Waals surface area contributed by atoms with E-state index in [0.717, 1.165) is 0 Å². The second-order valence-corrected chi connectivity index (χ2v) is 4.35. The summed E-state index contributed by atoms with van der Waals surface area (Å²) in [6, 6.07) is 4.31. The Hall–Kier alpha value is -1.26. The van der Waals surface area contributed by atoms with Gasteiger partial charge in [-0.1, -0.05) is 11.6 Å². The SMILES string of the molecule is CC(O)CCCNC(=O)c1cc(Cl)ccc1O. The third-order valence-corrected chi connectivity index (χ3v) is 2.52. The van der Waals surface area contributed by atoms with Crippen molar-refractivity contribution >= 4 is 17.5 Å². The highest BCUT2D eigenvalue weighted by molar-refractivity contribution is 6.31. The van der Waals surface area contributed by atoms with E-state index in [2.05, 4.69) is 5.32 Å². The minimum absolute atomic E-state index is 0.0950. The zero-order valence-electron chi connectivity index (χ0n) is 9.61. The van der Waals surface area contributed by atoms with Crippen molar-refractivity contribution in [3.05, 3.63) is 28.8 Å². The lowest BCUT2D eigenvalue weighted by Gasteiger charge is -2.08. The van der Waals surface area contributed by atoms with E-state index < -0.39 is 0 Å². The molecule has 1 aromatic carbocycles. The van der Waals surface area contributed by atoms with Gasteiger partial charge in [0, 0.05) is 11.6 Å². The predicted octanol–water partition coefficient (Wildman–Crippen LogP) is 1.94. The Morgan fingerprint density at radius 3 is 2.88 bits per heavy atom. The largest absolute Gasteiger partial charge is 0.507 e. The molecule has 1 rings (SSSR count). The lowest BCUT2D eigenvalue weighted by atomic mass is 10.1. The van der Waals surface area contributed by atoms with Gasteiger partial charge in [-0.3, -0.25) is 4.79 Å². The van der Waals surface area contributed by atoms with Gasteiger partial charge in [-0.2, -0.15) is 0 Å². The molecule has 0 aromatic heterocycles. The zero-order chi connectivity index (χ0) is 12.8. The number of amides is 1. The molecule has 1 atom stereocenters. The maximum absolute atomic E-state index is 11.7. The number of hydrogen-bond donors (Lipinski definition) is 3. The van der Waals surface area contributed by atoms with Gasteiger partial charge in [0.25, 0.3) is 5.91 Å². The Bertz CT molecular complexity index is 393. The predicted molar refractivity (Wildman–Crippen MR) is 66.4 cm³/mol. The van der Waals surface area contributed by atoms with Crippen LogP contribution in [0.1, 0.15) is 30.1 Å². The molecule has 0 fully saturated rings. The normalized spacial score (nSPS) is 12.2. The van der Waals surface area contributed by atoms with Crippen molar-refractivity contribution in [2.45, 2.75) is 25.9 Å². The second-order valence-electron chi connectivity index (χ2n) is 3.91. The fraction of sp³-hybridized carbons (Fsp3) is 0.417. The molecule has 0 aliphatic carbocycles. The van der Waals surface area contributed by atoms with Crippen LogP contribution >= 0.6 is 11.6 Å². The number of benzene rings is 1. The molecule has 0 aliphatic heterocycles. The summed E-state index contributed by atoms with van der Waals surface area (Å²) in [7, 11) is 0. The van der Waals surface area contributed by atoms with Gasteiger partial charge in [-0.25, -0.2) is 0 Å². The van der Waals surface area contributed by atoms with E-state index in [-0.39, 0.29) is 23.3 Å². The summed E-state index contributed by atoms with van der Waals surface area (Å²) in [5, 5.41) is 21.6. The summed E-state index contributed by atoms with van der Waals surface area (Å²) >= 11 is 5.74. The summed E-state index contributed by atoms with van der Waals surface area (Å²) in [5.74, 6) is -0.460. The molecule has 0 bridgehead atoms. The standard InChI is InChI=1S/C12H16ClNO3/c1-8(15)3-2-6-14-12(17)10-7-9(13)4-5-11(10)16/h4-5,7-8,15-16H,2-3,6H2,1H3,(H,14,17). The maximum atomic E-state index is 11.7. The number of aromatic hydroxyl groups is 1. The molecule has 5 heteroatoms. The number of phenols is 1. The van der Waals surface area contributed by atoms with Crippen molar-refractivity contribution < 1.29 is 15.0 Å². The van der Waals surface area contributed by atoms with Crippen molar-refractivity contribution in [3.8, 4) is 5.75 Å². The molecule has 0 saturated carbocycles. The number of aliphatic hydroxyl groups excluding tert-OH is 1. The summed E-state index contributed by atoms with van der Waals surface area (Å²) in [6.07, 6.45) is 0.943. The van der Waals surface area contributed by atoms with Crippen LogP contribution in [0.3, 0.4) is 0 Å². The van der Waals surface area contributed by atoms with Crippen LogP contribution in [0, 0.1) is 0 Å². The quantitative estimate of drug-likeness (QED) is 0.706. The monoisotopic (exact) mass is 257 g/mol. The van der Waals surface area contributed by atoms with Crippen LogP contribution in [0.15, 0.2) is 18.2 Å². The first kappa shape index (κ1) is 13.8. The van der Waals surface area contributed by atoms with Crippen LogP contribution in [0.5, 0.6) is 5.75 Å². The van der Waals surface area contributed by atoms with Crippen molar-refractivity contribution in [1.29, 1.82) is 0 Å². The van der Waals surface area contributed by atoms with Crippen molar-refractivity contribution in [2.75, 3.05) is 6.54 Å². The number of phenolic OH excluding ortho intramolecular Hbond substituents is 1. The van der Waals surface area contributed by atoms with Crippen LogP contribution in [0.25, 0.3) is 0 Å². The topological polar surface area (TPSA) is 69.6 Å². The van der Waals surface area contributed by atoms with Gasteiger partial charge >= 0.3 is 0 Å². The summed E-state index contributed by atoms with van der Waals surface area (Å²) in [5.41, 5.74) is 0.162. The van der Waals surface area contributed by atoms with Gasteiger partial charge in [-0.05, 0) is 38.0 Å². The number of hydrogen-bond acceptors (Lipinski definition) is 3. The van der Waals surface area contributed by atoms with Gasteiger partial charge < -0.3 is 15.5 Å². The summed E-state index contributed by atoms with van der Waals surface area (Å²) in [4.78, 5) is 11.7. The van der Waals surface area contributed by atoms with Crippen LogP contribution in [-0.2, 0) is 0 Å². The molecule has 0 aliphatic rings. The molecule has 17 heavy (non-hydrogen) atoms. The smallest absolute Gasteiger partial charge is 0.255 e. The molecule has 1 amide bonds. The third-order valence-electron chi connectivity index (χ3n) is 2.29. The third kappa shape index (κ3) is 4.63. The van der Waals surface area contributed by atoms with Crippen LogP contribution in [0.4, 0.5) is 0 Å². The number of carbonyl (C=O) groups is 1. The molecule has 0 spiro atoms. The highest BCUT2D eigenvalue weighted by atomic mass is 35.5. The van der Waals surface area contributed by atoms with Crippen molar-refractivity contribution in [1.82, 2.24) is 5.32 Å². The first-order valence-corrected chi connectivity index (χ1v) is 5.83. The molecule has 1 unspecified atom stereocenters. The summed E-state index contributed by atoms with van der Waals surface area (Å²) in [6.45, 7) is 2.15. The highest BCUT2D eigenvalue weighted by Crippen LogP contribution is 2.21. The summed E-state index contributed by atoms with van der Waals surface area (Å²) < 4.78 is 0. The number of aliphatic hydroxyl groups is 1. The van der Waals surface area contributed by atoms with Gasteiger partial charge in [-0.15, -0.1) is 0 Å². The Kier molecular flexibility index (Phi) is 5.25. The fourth-order valence-corrected chi connectivity index (χ4v) is 1.56. The molecule has 94 valence electrons. The van der Waals surface area contributed by atoms with Gasteiger partial charge in [0.15, 0.2) is 0 Å². The van der Waals surface area contributed by atoms with E-state index in [1.165, 1.54) is 18.2 Å². The molecule has 1 aromatic rings. The van der Waals surface area contributed by atoms with Crippen molar-refractivity contribution in [3.63, 3.8) is 0 Å². The number of carbonyl (C=O) groups excluding carboxylic acids is 1. The number of rotatable bonds is 5. The fourth-order valence-electron chi connectivity index (χ4n) is 1.38. The maximum Gasteiger partial charge on any atom is 0.255 e. The molecule has 0 radical (unpaired) electrons. The van der Waals surface area contributed by atoms with E-state index in [4.69, 9.17) is 16.7 Å². The second kappa shape index (κ2) is 6.47. The Morgan fingerprint density at radius 2 is 2.24 bits per heavy atom. The molecule has 3 N–H and O–H groups in total. The highest BCUT2D eigenvalue weighted by Gasteiger charge is 2.10. The van der Waals surface area contributed by atoms with Crippen LogP contribution in [-0.4, -0.2) is 28.8 Å². The molecule has 0 heterocycles. The van der Waals surface area contributed by atoms with E-state index in [1.807, 2.05) is 0 Å². The van der Waals surface area contributed by atoms with E-state index in [9.17, 15) is 9.90 Å². The van der Waals surface area contributed by atoms with E-state index >= 15 is 0 Å². The van der Waals surface area contributed by atoms with Gasteiger partial charge in [0.1, 0.15) is 5.75 Å². The van der Waals surface area contributed by atoms with Gasteiger partial charge in [0.05, 0.1) is 11.7 Å². The van der Waals surface area contributed by atoms with Gasteiger partial charge in [0.2, 0.25) is 0 Å².